The van der Waals surface area contributed by atoms with E-state index in [1.165, 1.54) is 17.5 Å². The van der Waals surface area contributed by atoms with E-state index in [1.807, 2.05) is 4.68 Å². The Morgan fingerprint density at radius 3 is 3.05 bits per heavy atom. The summed E-state index contributed by atoms with van der Waals surface area (Å²) in [6.45, 7) is 3.10. The fourth-order valence-corrected chi connectivity index (χ4v) is 3.70. The third-order valence-corrected chi connectivity index (χ3v) is 4.95. The molecule has 2 aromatic rings. The molecular weight excluding hydrogens is 282 g/mol. The van der Waals surface area contributed by atoms with Crippen LogP contribution in [0.1, 0.15) is 48.5 Å². The standard InChI is InChI=1S/C17H22ClN3/c1-2-10-21-16(19-12-20-21)11-14-8-5-7-13-6-3-4-9-15(13)17(14)18/h3-4,6,9,12,14,17H,2,5,7-8,10-11H2,1H3. The van der Waals surface area contributed by atoms with Gasteiger partial charge in [-0.15, -0.1) is 11.6 Å². The normalized spacial score (nSPS) is 21.8. The Hall–Kier alpha value is -1.35. The molecule has 0 N–H and O–H groups in total. The van der Waals surface area contributed by atoms with Crippen molar-refractivity contribution >= 4 is 11.6 Å². The van der Waals surface area contributed by atoms with E-state index in [4.69, 9.17) is 11.6 Å². The van der Waals surface area contributed by atoms with Gasteiger partial charge in [0, 0.05) is 13.0 Å². The number of fused-ring (bicyclic) bond motifs is 1. The van der Waals surface area contributed by atoms with Gasteiger partial charge in [0.25, 0.3) is 0 Å². The van der Waals surface area contributed by atoms with Crippen LogP contribution in [0.4, 0.5) is 0 Å². The predicted molar refractivity (Wildman–Crippen MR) is 85.5 cm³/mol. The summed E-state index contributed by atoms with van der Waals surface area (Å²) in [5.41, 5.74) is 2.72. The zero-order chi connectivity index (χ0) is 14.7. The summed E-state index contributed by atoms with van der Waals surface area (Å²) < 4.78 is 2.03. The summed E-state index contributed by atoms with van der Waals surface area (Å²) in [7, 11) is 0. The van der Waals surface area contributed by atoms with Crippen molar-refractivity contribution in [1.82, 2.24) is 14.8 Å². The maximum absolute atomic E-state index is 6.81. The minimum absolute atomic E-state index is 0.0791. The molecule has 1 aliphatic rings. The fraction of sp³-hybridized carbons (Fsp3) is 0.529. The SMILES string of the molecule is CCCn1ncnc1CC1CCCc2ccccc2C1Cl. The van der Waals surface area contributed by atoms with Crippen molar-refractivity contribution < 1.29 is 0 Å². The molecular formula is C17H22ClN3. The van der Waals surface area contributed by atoms with Crippen molar-refractivity contribution in [1.29, 1.82) is 0 Å². The van der Waals surface area contributed by atoms with Gasteiger partial charge in [-0.1, -0.05) is 31.2 Å². The van der Waals surface area contributed by atoms with Crippen LogP contribution in [0.2, 0.25) is 0 Å². The number of alkyl halides is 1. The number of aromatic nitrogens is 3. The lowest BCUT2D eigenvalue weighted by Gasteiger charge is -2.21. The summed E-state index contributed by atoms with van der Waals surface area (Å²) in [4.78, 5) is 4.44. The summed E-state index contributed by atoms with van der Waals surface area (Å²) in [5, 5.41) is 4.41. The highest BCUT2D eigenvalue weighted by molar-refractivity contribution is 6.21. The Balaban J connectivity index is 1.81. The molecule has 4 heteroatoms. The Morgan fingerprint density at radius 2 is 2.19 bits per heavy atom. The number of hydrogen-bond acceptors (Lipinski definition) is 2. The number of benzene rings is 1. The molecule has 0 bridgehead atoms. The maximum atomic E-state index is 6.81. The van der Waals surface area contributed by atoms with Gasteiger partial charge in [0.05, 0.1) is 5.38 Å². The zero-order valence-corrected chi connectivity index (χ0v) is 13.3. The second-order valence-corrected chi connectivity index (χ2v) is 6.33. The van der Waals surface area contributed by atoms with Crippen LogP contribution in [-0.2, 0) is 19.4 Å². The molecule has 0 aliphatic heterocycles. The lowest BCUT2D eigenvalue weighted by molar-refractivity contribution is 0.436. The van der Waals surface area contributed by atoms with E-state index in [9.17, 15) is 0 Å². The second-order valence-electron chi connectivity index (χ2n) is 5.86. The minimum atomic E-state index is 0.0791. The van der Waals surface area contributed by atoms with Crippen molar-refractivity contribution in [2.24, 2.45) is 5.92 Å². The Bertz CT molecular complexity index is 593. The molecule has 0 fully saturated rings. The molecule has 1 aliphatic carbocycles. The largest absolute Gasteiger partial charge is 0.250 e. The van der Waals surface area contributed by atoms with E-state index in [0.29, 0.717) is 5.92 Å². The average Bonchev–Trinajstić information content (AvgIpc) is 2.87. The zero-order valence-electron chi connectivity index (χ0n) is 12.5. The first-order valence-electron chi connectivity index (χ1n) is 7.88. The molecule has 0 amide bonds. The van der Waals surface area contributed by atoms with Gasteiger partial charge in [0.1, 0.15) is 12.2 Å². The lowest BCUT2D eigenvalue weighted by atomic mass is 9.93. The molecule has 2 unspecified atom stereocenters. The van der Waals surface area contributed by atoms with Crippen LogP contribution in [0.3, 0.4) is 0 Å². The van der Waals surface area contributed by atoms with Crippen LogP contribution in [0.25, 0.3) is 0 Å². The summed E-state index contributed by atoms with van der Waals surface area (Å²) in [6, 6.07) is 8.60. The van der Waals surface area contributed by atoms with Crippen molar-refractivity contribution in [2.75, 3.05) is 0 Å². The highest BCUT2D eigenvalue weighted by Crippen LogP contribution is 2.39. The number of nitrogens with zero attached hydrogens (tertiary/aromatic N) is 3. The molecule has 21 heavy (non-hydrogen) atoms. The third kappa shape index (κ3) is 3.13. The van der Waals surface area contributed by atoms with Crippen molar-refractivity contribution in [3.8, 4) is 0 Å². The van der Waals surface area contributed by atoms with E-state index < -0.39 is 0 Å². The first kappa shape index (κ1) is 14.6. The number of halogens is 1. The molecule has 0 saturated carbocycles. The van der Waals surface area contributed by atoms with E-state index >= 15 is 0 Å². The van der Waals surface area contributed by atoms with Gasteiger partial charge in [-0.05, 0) is 42.7 Å². The van der Waals surface area contributed by atoms with Crippen LogP contribution in [0, 0.1) is 5.92 Å². The first-order chi connectivity index (χ1) is 10.3. The van der Waals surface area contributed by atoms with Crippen LogP contribution >= 0.6 is 11.6 Å². The average molecular weight is 304 g/mol. The topological polar surface area (TPSA) is 30.7 Å². The van der Waals surface area contributed by atoms with Gasteiger partial charge < -0.3 is 0 Å². The van der Waals surface area contributed by atoms with Gasteiger partial charge in [-0.2, -0.15) is 5.10 Å². The molecule has 1 aromatic heterocycles. The van der Waals surface area contributed by atoms with E-state index in [1.54, 1.807) is 6.33 Å². The molecule has 3 rings (SSSR count). The van der Waals surface area contributed by atoms with E-state index in [0.717, 1.165) is 38.1 Å². The molecule has 0 saturated heterocycles. The van der Waals surface area contributed by atoms with E-state index in [2.05, 4.69) is 41.3 Å². The van der Waals surface area contributed by atoms with Gasteiger partial charge in [0.2, 0.25) is 0 Å². The van der Waals surface area contributed by atoms with Crippen molar-refractivity contribution in [3.05, 3.63) is 47.5 Å². The molecule has 112 valence electrons. The van der Waals surface area contributed by atoms with Gasteiger partial charge in [-0.25, -0.2) is 4.98 Å². The Labute approximate surface area is 131 Å². The smallest absolute Gasteiger partial charge is 0.138 e. The summed E-state index contributed by atoms with van der Waals surface area (Å²) in [5.74, 6) is 1.52. The quantitative estimate of drug-likeness (QED) is 0.627. The van der Waals surface area contributed by atoms with Gasteiger partial charge in [0.15, 0.2) is 0 Å². The first-order valence-corrected chi connectivity index (χ1v) is 8.31. The number of rotatable bonds is 4. The van der Waals surface area contributed by atoms with Crippen LogP contribution in [0.15, 0.2) is 30.6 Å². The monoisotopic (exact) mass is 303 g/mol. The fourth-order valence-electron chi connectivity index (χ4n) is 3.27. The number of hydrogen-bond donors (Lipinski definition) is 0. The molecule has 1 aromatic carbocycles. The predicted octanol–water partition coefficient (Wildman–Crippen LogP) is 4.16. The van der Waals surface area contributed by atoms with Crippen LogP contribution in [-0.4, -0.2) is 14.8 Å². The molecule has 2 atom stereocenters. The van der Waals surface area contributed by atoms with Crippen LogP contribution < -0.4 is 0 Å². The van der Waals surface area contributed by atoms with E-state index in [-0.39, 0.29) is 5.38 Å². The second kappa shape index (κ2) is 6.61. The minimum Gasteiger partial charge on any atom is -0.250 e. The third-order valence-electron chi connectivity index (χ3n) is 4.36. The molecule has 0 radical (unpaired) electrons. The van der Waals surface area contributed by atoms with Crippen molar-refractivity contribution in [3.63, 3.8) is 0 Å². The van der Waals surface area contributed by atoms with Gasteiger partial charge >= 0.3 is 0 Å². The Morgan fingerprint density at radius 1 is 1.33 bits per heavy atom. The lowest BCUT2D eigenvalue weighted by Crippen LogP contribution is -2.15. The Kier molecular flexibility index (Phi) is 4.59. The summed E-state index contributed by atoms with van der Waals surface area (Å²) >= 11 is 6.81. The highest BCUT2D eigenvalue weighted by atomic mass is 35.5. The number of aryl methyl sites for hydroxylation is 2. The van der Waals surface area contributed by atoms with Crippen molar-refractivity contribution in [2.45, 2.75) is 50.9 Å². The summed E-state index contributed by atoms with van der Waals surface area (Å²) in [6.07, 6.45) is 7.15. The van der Waals surface area contributed by atoms with Gasteiger partial charge in [-0.3, -0.25) is 4.68 Å². The van der Waals surface area contributed by atoms with Crippen LogP contribution in [0.5, 0.6) is 0 Å². The molecule has 1 heterocycles. The maximum Gasteiger partial charge on any atom is 0.138 e. The molecule has 0 spiro atoms. The highest BCUT2D eigenvalue weighted by Gasteiger charge is 2.27. The molecule has 3 nitrogen and oxygen atoms in total.